The normalized spacial score (nSPS) is 10.6. The number of ether oxygens (including phenoxy) is 1. The van der Waals surface area contributed by atoms with Crippen molar-refractivity contribution < 1.29 is 9.53 Å². The van der Waals surface area contributed by atoms with E-state index in [0.29, 0.717) is 27.2 Å². The van der Waals surface area contributed by atoms with Crippen LogP contribution in [0.1, 0.15) is 21.6 Å². The van der Waals surface area contributed by atoms with Gasteiger partial charge in [0, 0.05) is 21.9 Å². The molecule has 0 bridgehead atoms. The lowest BCUT2D eigenvalue weighted by Crippen LogP contribution is -2.15. The van der Waals surface area contributed by atoms with Crippen LogP contribution in [0.3, 0.4) is 0 Å². The van der Waals surface area contributed by atoms with Gasteiger partial charge in [0.1, 0.15) is 5.75 Å². The van der Waals surface area contributed by atoms with Crippen molar-refractivity contribution in [3.8, 4) is 5.75 Å². The number of hydrogen-bond donors (Lipinski definition) is 1. The molecule has 0 unspecified atom stereocenters. The number of carbonyl (C=O) groups excluding carboxylic acids is 1. The summed E-state index contributed by atoms with van der Waals surface area (Å²) in [5, 5.41) is 8.27. The highest BCUT2D eigenvalue weighted by atomic mass is 35.5. The standard InChI is InChI=1S/C19H17Cl2N3O2/c1-12-3-4-15(21)10-17(12)22-19(25)16-7-8-24(23-16)11-26-18-6-5-14(20)9-13(18)2/h3-10H,11H2,1-2H3,(H,22,25). The number of aromatic nitrogens is 2. The Morgan fingerprint density at radius 3 is 2.58 bits per heavy atom. The summed E-state index contributed by atoms with van der Waals surface area (Å²) in [6.07, 6.45) is 1.69. The fourth-order valence-electron chi connectivity index (χ4n) is 2.38. The molecule has 0 spiro atoms. The molecule has 5 nitrogen and oxygen atoms in total. The fraction of sp³-hybridized carbons (Fsp3) is 0.158. The Bertz CT molecular complexity index is 954. The highest BCUT2D eigenvalue weighted by Gasteiger charge is 2.12. The van der Waals surface area contributed by atoms with Gasteiger partial charge in [-0.3, -0.25) is 4.79 Å². The Morgan fingerprint density at radius 2 is 1.81 bits per heavy atom. The van der Waals surface area contributed by atoms with E-state index < -0.39 is 0 Å². The maximum Gasteiger partial charge on any atom is 0.276 e. The minimum Gasteiger partial charge on any atom is -0.471 e. The molecule has 2 aromatic carbocycles. The highest BCUT2D eigenvalue weighted by molar-refractivity contribution is 6.31. The number of amides is 1. The number of hydrogen-bond acceptors (Lipinski definition) is 3. The van der Waals surface area contributed by atoms with E-state index in [0.717, 1.165) is 11.1 Å². The summed E-state index contributed by atoms with van der Waals surface area (Å²) in [7, 11) is 0. The third-order valence-electron chi connectivity index (χ3n) is 3.81. The molecular weight excluding hydrogens is 373 g/mol. The van der Waals surface area contributed by atoms with E-state index in [-0.39, 0.29) is 12.6 Å². The lowest BCUT2D eigenvalue weighted by atomic mass is 10.2. The number of carbonyl (C=O) groups is 1. The van der Waals surface area contributed by atoms with Gasteiger partial charge in [-0.2, -0.15) is 5.10 Å². The first kappa shape index (κ1) is 18.3. The van der Waals surface area contributed by atoms with Crippen molar-refractivity contribution in [2.45, 2.75) is 20.6 Å². The van der Waals surface area contributed by atoms with Crippen LogP contribution >= 0.6 is 23.2 Å². The molecule has 1 heterocycles. The fourth-order valence-corrected chi connectivity index (χ4v) is 2.78. The number of benzene rings is 2. The van der Waals surface area contributed by atoms with Crippen LogP contribution in [0.4, 0.5) is 5.69 Å². The van der Waals surface area contributed by atoms with Crippen molar-refractivity contribution in [1.29, 1.82) is 0 Å². The monoisotopic (exact) mass is 389 g/mol. The minimum absolute atomic E-state index is 0.186. The van der Waals surface area contributed by atoms with Crippen molar-refractivity contribution >= 4 is 34.8 Å². The maximum atomic E-state index is 12.4. The number of aryl methyl sites for hydroxylation is 2. The zero-order valence-electron chi connectivity index (χ0n) is 14.3. The molecular formula is C19H17Cl2N3O2. The second-order valence-electron chi connectivity index (χ2n) is 5.84. The van der Waals surface area contributed by atoms with Crippen molar-refractivity contribution in [1.82, 2.24) is 9.78 Å². The molecule has 1 N–H and O–H groups in total. The van der Waals surface area contributed by atoms with E-state index >= 15 is 0 Å². The molecule has 0 atom stereocenters. The van der Waals surface area contributed by atoms with E-state index in [9.17, 15) is 4.79 Å². The first-order valence-corrected chi connectivity index (χ1v) is 8.68. The quantitative estimate of drug-likeness (QED) is 0.660. The molecule has 1 amide bonds. The molecule has 3 aromatic rings. The zero-order valence-corrected chi connectivity index (χ0v) is 15.8. The summed E-state index contributed by atoms with van der Waals surface area (Å²) >= 11 is 11.9. The summed E-state index contributed by atoms with van der Waals surface area (Å²) in [5.41, 5.74) is 2.80. The number of nitrogens with zero attached hydrogens (tertiary/aromatic N) is 2. The predicted octanol–water partition coefficient (Wildman–Crippen LogP) is 5.10. The van der Waals surface area contributed by atoms with E-state index in [2.05, 4.69) is 10.4 Å². The van der Waals surface area contributed by atoms with Crippen LogP contribution in [0.15, 0.2) is 48.7 Å². The van der Waals surface area contributed by atoms with Gasteiger partial charge in [0.15, 0.2) is 12.4 Å². The Hall–Kier alpha value is -2.50. The summed E-state index contributed by atoms with van der Waals surface area (Å²) in [5.74, 6) is 0.405. The maximum absolute atomic E-state index is 12.4. The van der Waals surface area contributed by atoms with Gasteiger partial charge in [-0.05, 0) is 61.4 Å². The Morgan fingerprint density at radius 1 is 1.08 bits per heavy atom. The second kappa shape index (κ2) is 7.81. The molecule has 0 aliphatic rings. The van der Waals surface area contributed by atoms with Crippen LogP contribution < -0.4 is 10.1 Å². The van der Waals surface area contributed by atoms with Crippen LogP contribution in [-0.4, -0.2) is 15.7 Å². The van der Waals surface area contributed by atoms with Crippen molar-refractivity contribution in [3.05, 3.63) is 75.5 Å². The van der Waals surface area contributed by atoms with Gasteiger partial charge in [-0.15, -0.1) is 0 Å². The third kappa shape index (κ3) is 4.36. The van der Waals surface area contributed by atoms with Gasteiger partial charge >= 0.3 is 0 Å². The van der Waals surface area contributed by atoms with Crippen LogP contribution in [-0.2, 0) is 6.73 Å². The molecule has 1 aromatic heterocycles. The van der Waals surface area contributed by atoms with Gasteiger partial charge in [0.25, 0.3) is 5.91 Å². The van der Waals surface area contributed by atoms with E-state index in [1.54, 1.807) is 41.2 Å². The molecule has 0 aliphatic heterocycles. The van der Waals surface area contributed by atoms with E-state index in [1.165, 1.54) is 0 Å². The van der Waals surface area contributed by atoms with Crippen molar-refractivity contribution in [2.75, 3.05) is 5.32 Å². The number of nitrogens with one attached hydrogen (secondary N) is 1. The summed E-state index contributed by atoms with van der Waals surface area (Å²) < 4.78 is 7.27. The highest BCUT2D eigenvalue weighted by Crippen LogP contribution is 2.22. The molecule has 7 heteroatoms. The second-order valence-corrected chi connectivity index (χ2v) is 6.71. The smallest absolute Gasteiger partial charge is 0.276 e. The molecule has 0 fully saturated rings. The molecule has 26 heavy (non-hydrogen) atoms. The van der Waals surface area contributed by atoms with Gasteiger partial charge in [-0.25, -0.2) is 4.68 Å². The van der Waals surface area contributed by atoms with Crippen LogP contribution in [0.5, 0.6) is 5.75 Å². The van der Waals surface area contributed by atoms with E-state index in [4.69, 9.17) is 27.9 Å². The molecule has 0 saturated carbocycles. The van der Waals surface area contributed by atoms with E-state index in [1.807, 2.05) is 26.0 Å². The lowest BCUT2D eigenvalue weighted by molar-refractivity contribution is 0.102. The molecule has 0 saturated heterocycles. The van der Waals surface area contributed by atoms with Gasteiger partial charge in [-0.1, -0.05) is 29.3 Å². The average Bonchev–Trinajstić information content (AvgIpc) is 3.06. The summed E-state index contributed by atoms with van der Waals surface area (Å²) in [6.45, 7) is 4.00. The van der Waals surface area contributed by atoms with Crippen LogP contribution in [0, 0.1) is 13.8 Å². The van der Waals surface area contributed by atoms with Crippen LogP contribution in [0.25, 0.3) is 0 Å². The average molecular weight is 390 g/mol. The van der Waals surface area contributed by atoms with Crippen molar-refractivity contribution in [3.63, 3.8) is 0 Å². The first-order chi connectivity index (χ1) is 12.4. The zero-order chi connectivity index (χ0) is 18.7. The molecule has 134 valence electrons. The number of anilines is 1. The predicted molar refractivity (Wildman–Crippen MR) is 103 cm³/mol. The van der Waals surface area contributed by atoms with Gasteiger partial charge in [0.05, 0.1) is 0 Å². The van der Waals surface area contributed by atoms with Gasteiger partial charge in [0.2, 0.25) is 0 Å². The largest absolute Gasteiger partial charge is 0.471 e. The lowest BCUT2D eigenvalue weighted by Gasteiger charge is -2.09. The Labute approximate surface area is 161 Å². The number of rotatable bonds is 5. The molecule has 0 aliphatic carbocycles. The SMILES string of the molecule is Cc1ccc(Cl)cc1NC(=O)c1ccn(COc2ccc(Cl)cc2C)n1. The Kier molecular flexibility index (Phi) is 5.49. The third-order valence-corrected chi connectivity index (χ3v) is 4.28. The molecule has 0 radical (unpaired) electrons. The first-order valence-electron chi connectivity index (χ1n) is 7.92. The van der Waals surface area contributed by atoms with Gasteiger partial charge < -0.3 is 10.1 Å². The summed E-state index contributed by atoms with van der Waals surface area (Å²) in [6, 6.07) is 12.4. The summed E-state index contributed by atoms with van der Waals surface area (Å²) in [4.78, 5) is 12.4. The minimum atomic E-state index is -0.309. The number of halogens is 2. The topological polar surface area (TPSA) is 56.2 Å². The van der Waals surface area contributed by atoms with Crippen molar-refractivity contribution in [2.24, 2.45) is 0 Å². The molecule has 3 rings (SSSR count). The van der Waals surface area contributed by atoms with Crippen LogP contribution in [0.2, 0.25) is 10.0 Å². The Balaban J connectivity index is 1.65.